The fraction of sp³-hybridized carbons (Fsp3) is 0.500. The molecular weight excluding hydrogens is 339 g/mol. The Kier molecular flexibility index (Phi) is 4.19. The molecule has 1 aromatic heterocycles. The van der Waals surface area contributed by atoms with Crippen molar-refractivity contribution in [3.63, 3.8) is 0 Å². The van der Waals surface area contributed by atoms with Gasteiger partial charge in [-0.1, -0.05) is 18.6 Å². The van der Waals surface area contributed by atoms with Crippen LogP contribution in [0.4, 0.5) is 4.39 Å². The first kappa shape index (κ1) is 16.4. The first-order chi connectivity index (χ1) is 12.1. The molecule has 132 valence electrons. The number of aromatic amines is 1. The minimum Gasteiger partial charge on any atom is -0.354 e. The quantitative estimate of drug-likeness (QED) is 0.778. The fourth-order valence-corrected chi connectivity index (χ4v) is 3.84. The Morgan fingerprint density at radius 2 is 2.24 bits per heavy atom. The number of rotatable bonds is 6. The maximum Gasteiger partial charge on any atom is 0.230 e. The van der Waals surface area contributed by atoms with Crippen LogP contribution in [0.3, 0.4) is 0 Å². The van der Waals surface area contributed by atoms with Gasteiger partial charge >= 0.3 is 0 Å². The van der Waals surface area contributed by atoms with E-state index >= 15 is 0 Å². The maximum atomic E-state index is 13.6. The summed E-state index contributed by atoms with van der Waals surface area (Å²) in [5.41, 5.74) is 0.189. The molecule has 4 rings (SSSR count). The number of hydrogen-bond acceptors (Lipinski definition) is 3. The van der Waals surface area contributed by atoms with E-state index in [0.29, 0.717) is 23.8 Å². The van der Waals surface area contributed by atoms with Crippen molar-refractivity contribution >= 4 is 18.1 Å². The lowest BCUT2D eigenvalue weighted by atomic mass is 9.64. The molecule has 0 radical (unpaired) electrons. The Morgan fingerprint density at radius 3 is 2.88 bits per heavy atom. The molecule has 2 N–H and O–H groups in total. The van der Waals surface area contributed by atoms with Crippen molar-refractivity contribution in [1.29, 1.82) is 0 Å². The van der Waals surface area contributed by atoms with E-state index in [0.717, 1.165) is 43.5 Å². The van der Waals surface area contributed by atoms with Crippen LogP contribution in [0.2, 0.25) is 0 Å². The molecule has 2 aliphatic rings. The van der Waals surface area contributed by atoms with Crippen LogP contribution in [0, 0.1) is 10.6 Å². The first-order valence-corrected chi connectivity index (χ1v) is 9.20. The maximum absolute atomic E-state index is 13.6. The number of carbonyl (C=O) groups is 1. The highest BCUT2D eigenvalue weighted by molar-refractivity contribution is 7.71. The largest absolute Gasteiger partial charge is 0.354 e. The zero-order chi connectivity index (χ0) is 17.4. The van der Waals surface area contributed by atoms with Gasteiger partial charge in [0.1, 0.15) is 11.6 Å². The average Bonchev–Trinajstić information content (AvgIpc) is 3.31. The van der Waals surface area contributed by atoms with Crippen LogP contribution in [-0.4, -0.2) is 27.2 Å². The molecular formula is C18H21FN4OS. The standard InChI is InChI=1S/C18H21FN4OS/c19-14-4-1-3-13(11-14)18(7-2-8-18)16(24)20-9-10-23-15(12-5-6-12)21-22-17(23)25/h1,3-4,11-12H,2,5-10H2,(H,20,24)(H,22,25). The lowest BCUT2D eigenvalue weighted by molar-refractivity contribution is -0.129. The SMILES string of the molecule is O=C(NCCn1c(C2CC2)n[nH]c1=S)C1(c2cccc(F)c2)CCC1. The van der Waals surface area contributed by atoms with E-state index < -0.39 is 5.41 Å². The van der Waals surface area contributed by atoms with Crippen molar-refractivity contribution < 1.29 is 9.18 Å². The molecule has 2 aromatic rings. The third-order valence-corrected chi connectivity index (χ3v) is 5.68. The molecule has 1 aromatic carbocycles. The summed E-state index contributed by atoms with van der Waals surface area (Å²) in [6.45, 7) is 1.09. The zero-order valence-corrected chi connectivity index (χ0v) is 14.7. The Hall–Kier alpha value is -2.02. The van der Waals surface area contributed by atoms with Crippen molar-refractivity contribution in [2.45, 2.75) is 50.0 Å². The summed E-state index contributed by atoms with van der Waals surface area (Å²) in [5, 5.41) is 10.2. The summed E-state index contributed by atoms with van der Waals surface area (Å²) < 4.78 is 16.1. The Labute approximate surface area is 150 Å². The van der Waals surface area contributed by atoms with Gasteiger partial charge in [-0.3, -0.25) is 9.89 Å². The van der Waals surface area contributed by atoms with Crippen molar-refractivity contribution in [1.82, 2.24) is 20.1 Å². The van der Waals surface area contributed by atoms with E-state index in [2.05, 4.69) is 15.5 Å². The highest BCUT2D eigenvalue weighted by atomic mass is 32.1. The van der Waals surface area contributed by atoms with Gasteiger partial charge in [-0.15, -0.1) is 0 Å². The van der Waals surface area contributed by atoms with E-state index in [1.54, 1.807) is 6.07 Å². The molecule has 1 heterocycles. The van der Waals surface area contributed by atoms with Gasteiger partial charge in [0.05, 0.1) is 5.41 Å². The van der Waals surface area contributed by atoms with Gasteiger partial charge in [-0.05, 0) is 55.6 Å². The first-order valence-electron chi connectivity index (χ1n) is 8.80. The molecule has 25 heavy (non-hydrogen) atoms. The second kappa shape index (κ2) is 6.37. The second-order valence-corrected chi connectivity index (χ2v) is 7.40. The molecule has 5 nitrogen and oxygen atoms in total. The third kappa shape index (κ3) is 3.01. The molecule has 2 aliphatic carbocycles. The predicted octanol–water partition coefficient (Wildman–Crippen LogP) is 3.20. The van der Waals surface area contributed by atoms with Gasteiger partial charge in [0.15, 0.2) is 4.77 Å². The van der Waals surface area contributed by atoms with E-state index in [9.17, 15) is 9.18 Å². The lowest BCUT2D eigenvalue weighted by Crippen LogP contribution is -2.49. The van der Waals surface area contributed by atoms with Crippen molar-refractivity contribution in [2.75, 3.05) is 6.54 Å². The van der Waals surface area contributed by atoms with Gasteiger partial charge in [-0.2, -0.15) is 5.10 Å². The summed E-state index contributed by atoms with van der Waals surface area (Å²) in [5.74, 6) is 1.17. The fourth-order valence-electron chi connectivity index (χ4n) is 3.61. The van der Waals surface area contributed by atoms with Crippen LogP contribution in [0.25, 0.3) is 0 Å². The number of amides is 1. The smallest absolute Gasteiger partial charge is 0.230 e. The van der Waals surface area contributed by atoms with Gasteiger partial charge in [0, 0.05) is 19.0 Å². The summed E-state index contributed by atoms with van der Waals surface area (Å²) >= 11 is 5.29. The number of halogens is 1. The minimum atomic E-state index is -0.584. The Bertz CT molecular complexity index is 851. The minimum absolute atomic E-state index is 0.0210. The third-order valence-electron chi connectivity index (χ3n) is 5.37. The van der Waals surface area contributed by atoms with Crippen LogP contribution >= 0.6 is 12.2 Å². The number of nitrogens with one attached hydrogen (secondary N) is 2. The highest BCUT2D eigenvalue weighted by Crippen LogP contribution is 2.44. The monoisotopic (exact) mass is 360 g/mol. The summed E-state index contributed by atoms with van der Waals surface area (Å²) in [7, 11) is 0. The van der Waals surface area contributed by atoms with Gasteiger partial charge in [-0.25, -0.2) is 4.39 Å². The summed E-state index contributed by atoms with van der Waals surface area (Å²) in [6, 6.07) is 6.41. The number of hydrogen-bond donors (Lipinski definition) is 2. The Morgan fingerprint density at radius 1 is 1.44 bits per heavy atom. The van der Waals surface area contributed by atoms with E-state index in [4.69, 9.17) is 12.2 Å². The molecule has 0 saturated heterocycles. The molecule has 0 spiro atoms. The topological polar surface area (TPSA) is 62.7 Å². The molecule has 2 saturated carbocycles. The van der Waals surface area contributed by atoms with Gasteiger partial charge < -0.3 is 9.88 Å². The van der Waals surface area contributed by atoms with E-state index in [1.165, 1.54) is 12.1 Å². The van der Waals surface area contributed by atoms with Crippen LogP contribution in [-0.2, 0) is 16.8 Å². The Balaban J connectivity index is 1.43. The van der Waals surface area contributed by atoms with Gasteiger partial charge in [0.25, 0.3) is 0 Å². The molecule has 1 amide bonds. The van der Waals surface area contributed by atoms with Gasteiger partial charge in [0.2, 0.25) is 5.91 Å². The van der Waals surface area contributed by atoms with Crippen molar-refractivity contribution in [3.05, 3.63) is 46.2 Å². The number of benzene rings is 1. The molecule has 7 heteroatoms. The molecule has 2 fully saturated rings. The average molecular weight is 360 g/mol. The molecule has 0 bridgehead atoms. The van der Waals surface area contributed by atoms with E-state index in [-0.39, 0.29) is 11.7 Å². The highest BCUT2D eigenvalue weighted by Gasteiger charge is 2.45. The number of aromatic nitrogens is 3. The van der Waals surface area contributed by atoms with Crippen molar-refractivity contribution in [2.24, 2.45) is 0 Å². The number of H-pyrrole nitrogens is 1. The van der Waals surface area contributed by atoms with E-state index in [1.807, 2.05) is 10.6 Å². The molecule has 0 unspecified atom stereocenters. The predicted molar refractivity (Wildman–Crippen MR) is 94.3 cm³/mol. The number of carbonyl (C=O) groups excluding carboxylic acids is 1. The van der Waals surface area contributed by atoms with Crippen LogP contribution < -0.4 is 5.32 Å². The molecule has 0 aliphatic heterocycles. The summed E-state index contributed by atoms with van der Waals surface area (Å²) in [4.78, 5) is 12.8. The summed E-state index contributed by atoms with van der Waals surface area (Å²) in [6.07, 6.45) is 4.81. The van der Waals surface area contributed by atoms with Crippen LogP contribution in [0.5, 0.6) is 0 Å². The van der Waals surface area contributed by atoms with Crippen LogP contribution in [0.15, 0.2) is 24.3 Å². The second-order valence-electron chi connectivity index (χ2n) is 7.01. The number of nitrogens with zero attached hydrogens (tertiary/aromatic N) is 2. The van der Waals surface area contributed by atoms with Crippen molar-refractivity contribution in [3.8, 4) is 0 Å². The molecule has 0 atom stereocenters. The lowest BCUT2D eigenvalue weighted by Gasteiger charge is -2.40. The normalized spacial score (nSPS) is 18.6. The zero-order valence-electron chi connectivity index (χ0n) is 13.9. The van der Waals surface area contributed by atoms with Crippen LogP contribution in [0.1, 0.15) is 49.4 Å².